The van der Waals surface area contributed by atoms with E-state index in [0.717, 1.165) is 0 Å². The number of sulfonamides is 1. The lowest BCUT2D eigenvalue weighted by molar-refractivity contribution is 0.0710. The number of furan rings is 1. The van der Waals surface area contributed by atoms with Crippen LogP contribution in [0.4, 0.5) is 0 Å². The number of nitrogens with zero attached hydrogens (tertiary/aromatic N) is 2. The molecule has 1 amide bonds. The molecule has 0 saturated carbocycles. The summed E-state index contributed by atoms with van der Waals surface area (Å²) >= 11 is 0. The predicted molar refractivity (Wildman–Crippen MR) is 89.1 cm³/mol. The van der Waals surface area contributed by atoms with Crippen LogP contribution in [-0.2, 0) is 10.0 Å². The van der Waals surface area contributed by atoms with Gasteiger partial charge in [-0.25, -0.2) is 13.1 Å². The van der Waals surface area contributed by atoms with Crippen LogP contribution in [0.5, 0.6) is 0 Å². The molecule has 2 aromatic rings. The van der Waals surface area contributed by atoms with E-state index >= 15 is 0 Å². The number of hydrogen-bond acceptors (Lipinski definition) is 5. The van der Waals surface area contributed by atoms with E-state index in [2.05, 4.69) is 4.72 Å². The Morgan fingerprint density at radius 1 is 1.20 bits per heavy atom. The second-order valence-electron chi connectivity index (χ2n) is 5.84. The topological polar surface area (TPSA) is 103 Å². The van der Waals surface area contributed by atoms with Crippen molar-refractivity contribution in [2.75, 3.05) is 13.1 Å². The lowest BCUT2D eigenvalue weighted by Crippen LogP contribution is -2.46. The van der Waals surface area contributed by atoms with Crippen LogP contribution in [0.25, 0.3) is 0 Å². The minimum Gasteiger partial charge on any atom is -0.472 e. The number of carbonyl (C=O) groups excluding carboxylic acids is 1. The van der Waals surface area contributed by atoms with Gasteiger partial charge in [-0.3, -0.25) is 4.79 Å². The average molecular weight is 359 g/mol. The molecular weight excluding hydrogens is 342 g/mol. The van der Waals surface area contributed by atoms with Crippen LogP contribution in [0.3, 0.4) is 0 Å². The zero-order valence-electron chi connectivity index (χ0n) is 13.4. The third-order valence-electron chi connectivity index (χ3n) is 4.17. The maximum atomic E-state index is 12.4. The van der Waals surface area contributed by atoms with E-state index < -0.39 is 10.0 Å². The van der Waals surface area contributed by atoms with Gasteiger partial charge in [0.15, 0.2) is 0 Å². The van der Waals surface area contributed by atoms with Crippen molar-refractivity contribution < 1.29 is 17.6 Å². The van der Waals surface area contributed by atoms with Crippen LogP contribution >= 0.6 is 0 Å². The van der Waals surface area contributed by atoms with E-state index in [1.807, 2.05) is 6.07 Å². The zero-order valence-corrected chi connectivity index (χ0v) is 14.2. The Hall–Kier alpha value is -2.63. The molecule has 0 spiro atoms. The van der Waals surface area contributed by atoms with E-state index in [1.54, 1.807) is 11.0 Å². The van der Waals surface area contributed by atoms with Gasteiger partial charge in [-0.2, -0.15) is 5.26 Å². The number of benzene rings is 1. The van der Waals surface area contributed by atoms with E-state index in [4.69, 9.17) is 9.68 Å². The molecule has 0 unspecified atom stereocenters. The second-order valence-corrected chi connectivity index (χ2v) is 7.55. The van der Waals surface area contributed by atoms with Crippen LogP contribution in [-0.4, -0.2) is 38.4 Å². The van der Waals surface area contributed by atoms with Crippen molar-refractivity contribution in [3.63, 3.8) is 0 Å². The first kappa shape index (κ1) is 17.2. The molecule has 1 N–H and O–H groups in total. The first-order valence-corrected chi connectivity index (χ1v) is 9.32. The zero-order chi connectivity index (χ0) is 17.9. The van der Waals surface area contributed by atoms with Crippen LogP contribution in [0, 0.1) is 11.3 Å². The summed E-state index contributed by atoms with van der Waals surface area (Å²) in [6.45, 7) is 0.954. The summed E-state index contributed by atoms with van der Waals surface area (Å²) < 4.78 is 32.4. The number of rotatable bonds is 4. The summed E-state index contributed by atoms with van der Waals surface area (Å²) in [4.78, 5) is 14.1. The lowest BCUT2D eigenvalue weighted by atomic mass is 10.1. The molecule has 7 nitrogen and oxygen atoms in total. The summed E-state index contributed by atoms with van der Waals surface area (Å²) in [6.07, 6.45) is 3.94. The monoisotopic (exact) mass is 359 g/mol. The highest BCUT2D eigenvalue weighted by molar-refractivity contribution is 7.89. The lowest BCUT2D eigenvalue weighted by Gasteiger charge is -2.32. The van der Waals surface area contributed by atoms with Crippen molar-refractivity contribution in [1.82, 2.24) is 9.62 Å². The third-order valence-corrected chi connectivity index (χ3v) is 5.70. The molecule has 1 saturated heterocycles. The Morgan fingerprint density at radius 3 is 2.44 bits per heavy atom. The molecule has 1 fully saturated rings. The maximum absolute atomic E-state index is 12.4. The SMILES string of the molecule is N#Cc1ccc(S(=O)(=O)NC2CCN(C(=O)c3ccoc3)CC2)cc1. The minimum atomic E-state index is -3.64. The number of likely N-dealkylation sites (tertiary alicyclic amines) is 1. The Morgan fingerprint density at radius 2 is 1.88 bits per heavy atom. The van der Waals surface area contributed by atoms with Crippen LogP contribution in [0.15, 0.2) is 52.2 Å². The molecule has 8 heteroatoms. The van der Waals surface area contributed by atoms with Crippen molar-refractivity contribution >= 4 is 15.9 Å². The van der Waals surface area contributed by atoms with Crippen molar-refractivity contribution in [3.8, 4) is 6.07 Å². The van der Waals surface area contributed by atoms with Gasteiger partial charge in [0.25, 0.3) is 5.91 Å². The largest absolute Gasteiger partial charge is 0.472 e. The van der Waals surface area contributed by atoms with Gasteiger partial charge in [-0.05, 0) is 43.2 Å². The molecule has 0 bridgehead atoms. The second kappa shape index (κ2) is 7.09. The van der Waals surface area contributed by atoms with Gasteiger partial charge in [0, 0.05) is 19.1 Å². The number of nitrogens with one attached hydrogen (secondary N) is 1. The molecule has 1 aliphatic heterocycles. The summed E-state index contributed by atoms with van der Waals surface area (Å²) in [5, 5.41) is 8.78. The first-order chi connectivity index (χ1) is 12.0. The van der Waals surface area contributed by atoms with E-state index in [-0.39, 0.29) is 16.8 Å². The molecule has 2 heterocycles. The van der Waals surface area contributed by atoms with E-state index in [1.165, 1.54) is 36.8 Å². The molecule has 0 aliphatic carbocycles. The smallest absolute Gasteiger partial charge is 0.257 e. The molecule has 0 radical (unpaired) electrons. The summed E-state index contributed by atoms with van der Waals surface area (Å²) in [5.74, 6) is -0.109. The van der Waals surface area contributed by atoms with Crippen molar-refractivity contribution in [2.24, 2.45) is 0 Å². The van der Waals surface area contributed by atoms with Gasteiger partial charge < -0.3 is 9.32 Å². The number of piperidine rings is 1. The normalized spacial score (nSPS) is 15.7. The highest BCUT2D eigenvalue weighted by atomic mass is 32.2. The fourth-order valence-corrected chi connectivity index (χ4v) is 4.07. The number of hydrogen-bond donors (Lipinski definition) is 1. The highest BCUT2D eigenvalue weighted by Crippen LogP contribution is 2.17. The van der Waals surface area contributed by atoms with Crippen molar-refractivity contribution in [1.29, 1.82) is 5.26 Å². The molecular formula is C17H17N3O4S. The molecule has 1 aliphatic rings. The molecule has 3 rings (SSSR count). The number of carbonyl (C=O) groups is 1. The van der Waals surface area contributed by atoms with E-state index in [0.29, 0.717) is 37.1 Å². The quantitative estimate of drug-likeness (QED) is 0.895. The number of amides is 1. The summed E-state index contributed by atoms with van der Waals surface area (Å²) in [6, 6.07) is 9.12. The third kappa shape index (κ3) is 3.90. The highest BCUT2D eigenvalue weighted by Gasteiger charge is 2.27. The van der Waals surface area contributed by atoms with Crippen LogP contribution < -0.4 is 4.72 Å². The fourth-order valence-electron chi connectivity index (χ4n) is 2.77. The fraction of sp³-hybridized carbons (Fsp3) is 0.294. The molecule has 130 valence electrons. The predicted octanol–water partition coefficient (Wildman–Crippen LogP) is 1.73. The van der Waals surface area contributed by atoms with E-state index in [9.17, 15) is 13.2 Å². The van der Waals surface area contributed by atoms with Gasteiger partial charge in [0.2, 0.25) is 10.0 Å². The standard InChI is InChI=1S/C17H17N3O4S/c18-11-13-1-3-16(4-2-13)25(22,23)19-15-5-8-20(9-6-15)17(21)14-7-10-24-12-14/h1-4,7,10,12,15,19H,5-6,8-9H2. The van der Waals surface area contributed by atoms with Crippen molar-refractivity contribution in [3.05, 3.63) is 54.0 Å². The van der Waals surface area contributed by atoms with Crippen LogP contribution in [0.1, 0.15) is 28.8 Å². The van der Waals surface area contributed by atoms with Gasteiger partial charge >= 0.3 is 0 Å². The Bertz CT molecular complexity index is 875. The van der Waals surface area contributed by atoms with Crippen molar-refractivity contribution in [2.45, 2.75) is 23.8 Å². The summed E-state index contributed by atoms with van der Waals surface area (Å²) in [5.41, 5.74) is 0.904. The molecule has 25 heavy (non-hydrogen) atoms. The molecule has 1 aromatic carbocycles. The number of nitriles is 1. The minimum absolute atomic E-state index is 0.109. The maximum Gasteiger partial charge on any atom is 0.257 e. The summed E-state index contributed by atoms with van der Waals surface area (Å²) in [7, 11) is -3.64. The average Bonchev–Trinajstić information content (AvgIpc) is 3.16. The Kier molecular flexibility index (Phi) is 4.88. The molecule has 0 atom stereocenters. The molecule has 1 aromatic heterocycles. The van der Waals surface area contributed by atoms with Crippen LogP contribution in [0.2, 0.25) is 0 Å². The van der Waals surface area contributed by atoms with Gasteiger partial charge in [0.1, 0.15) is 6.26 Å². The van der Waals surface area contributed by atoms with Gasteiger partial charge in [-0.15, -0.1) is 0 Å². The van der Waals surface area contributed by atoms with Gasteiger partial charge in [0.05, 0.1) is 28.4 Å². The first-order valence-electron chi connectivity index (χ1n) is 7.83. The Balaban J connectivity index is 1.59. The Labute approximate surface area is 145 Å². The van der Waals surface area contributed by atoms with Gasteiger partial charge in [-0.1, -0.05) is 0 Å².